The Morgan fingerprint density at radius 2 is 0.735 bits per heavy atom. The summed E-state index contributed by atoms with van der Waals surface area (Å²) < 4.78 is 216. The van der Waals surface area contributed by atoms with Gasteiger partial charge in [0, 0.05) is 5.39 Å². The molecule has 328 valence electrons. The maximum absolute atomic E-state index is 14.1. The SMILES string of the molecule is O=C1C(=NNc2cc(S(=O)(=O)[O-])cc3c2C(=O)C(=NNc2cc(S(=O)(=O)[O-])cc4cc(S(=O)(=O)[O-])cc(O)c24)C(S(=O)(=O)[O-])=C3)C(S(=O)(=O)[O-])=Cc2cc(S(=O)(=O)[O-])cc(O)c21.[Na+].[Na+].[Na+].[Na+].[Na+].[Na+]. The van der Waals surface area contributed by atoms with Gasteiger partial charge in [0.15, 0.2) is 0 Å². The Bertz CT molecular complexity index is 3640. The average molecular weight is 1110 g/mol. The molecule has 6 rings (SSSR count). The van der Waals surface area contributed by atoms with Crippen LogP contribution in [0.1, 0.15) is 31.8 Å². The normalized spacial score (nSPS) is 15.0. The number of nitrogens with one attached hydrogen (secondary N) is 2. The number of Topliss-reactive ketones (excluding diaryl/α,β-unsaturated/α-hetero) is 2. The summed E-state index contributed by atoms with van der Waals surface area (Å²) in [5.74, 6) is -5.82. The number of aromatic hydroxyl groups is 2. The maximum atomic E-state index is 14.1. The molecular weight excluding hydrogens is 1100 g/mol. The molecule has 4 aromatic rings. The molecule has 0 saturated heterocycles. The summed E-state index contributed by atoms with van der Waals surface area (Å²) in [4.78, 5) is 19.5. The van der Waals surface area contributed by atoms with Crippen molar-refractivity contribution in [3.8, 4) is 11.5 Å². The number of nitrogens with zero attached hydrogens (tertiary/aromatic N) is 2. The van der Waals surface area contributed by atoms with Crippen molar-refractivity contribution < 1.29 is 275 Å². The van der Waals surface area contributed by atoms with Crippen LogP contribution in [0.3, 0.4) is 0 Å². The number of hydrazone groups is 2. The first-order chi connectivity index (χ1) is 28.2. The standard InChI is InChI=1S/C30H20N4O22S6.6Na/c35-20-9-16(59(45,46)47)2-11-1-14(57(39,40)41)7-18(24(11)20)31-33-27-22(61(51,52)53)5-12-3-15(58(42,43)44)8-19(25(12)29(27)37)32-34-28-23(62(54,55)56)6-13-4-17(60(48,49)50)10-21(36)26(13)30(28)38;;;;;;/h1-10,31-32,35-36H,(H,39,40,41)(H,42,43,44)(H,45,46,47)(H,48,49,50)(H,51,52,53)(H,54,55,56);;;;;;/q;6*+1/p-6. The van der Waals surface area contributed by atoms with E-state index in [0.717, 1.165) is 0 Å². The number of anilines is 2. The van der Waals surface area contributed by atoms with Crippen molar-refractivity contribution in [2.24, 2.45) is 10.2 Å². The molecule has 26 nitrogen and oxygen atoms in total. The van der Waals surface area contributed by atoms with Gasteiger partial charge in [-0.15, -0.1) is 0 Å². The molecule has 0 radical (unpaired) electrons. The summed E-state index contributed by atoms with van der Waals surface area (Å²) in [6.07, 6.45) is 0.563. The van der Waals surface area contributed by atoms with Crippen LogP contribution in [0.15, 0.2) is 88.1 Å². The Morgan fingerprint density at radius 1 is 0.412 bits per heavy atom. The molecule has 0 heterocycles. The van der Waals surface area contributed by atoms with E-state index in [-0.39, 0.29) is 189 Å². The van der Waals surface area contributed by atoms with Crippen LogP contribution in [-0.4, -0.2) is 111 Å². The predicted molar refractivity (Wildman–Crippen MR) is 198 cm³/mol. The van der Waals surface area contributed by atoms with E-state index in [1.165, 1.54) is 0 Å². The number of hydrogen-bond donors (Lipinski definition) is 4. The van der Waals surface area contributed by atoms with Crippen LogP contribution in [0.4, 0.5) is 11.4 Å². The maximum Gasteiger partial charge on any atom is 1.00 e. The van der Waals surface area contributed by atoms with E-state index >= 15 is 0 Å². The number of carbonyl (C=O) groups excluding carboxylic acids is 2. The second-order valence-electron chi connectivity index (χ2n) is 12.4. The van der Waals surface area contributed by atoms with Crippen molar-refractivity contribution in [3.63, 3.8) is 0 Å². The number of carbonyl (C=O) groups is 2. The summed E-state index contributed by atoms with van der Waals surface area (Å²) in [7, 11) is -33.6. The molecule has 0 aliphatic heterocycles. The van der Waals surface area contributed by atoms with E-state index in [0.29, 0.717) is 48.5 Å². The van der Waals surface area contributed by atoms with E-state index in [1.54, 1.807) is 0 Å². The minimum atomic E-state index is -5.91. The van der Waals surface area contributed by atoms with Gasteiger partial charge in [-0.05, 0) is 77.2 Å². The van der Waals surface area contributed by atoms with E-state index in [2.05, 4.69) is 10.2 Å². The minimum Gasteiger partial charge on any atom is -0.744 e. The third-order valence-electron chi connectivity index (χ3n) is 8.43. The first-order valence-electron chi connectivity index (χ1n) is 15.5. The topological polar surface area (TPSA) is 467 Å². The number of fused-ring (bicyclic) bond motifs is 3. The van der Waals surface area contributed by atoms with Crippen LogP contribution in [-0.2, 0) is 60.7 Å². The first kappa shape index (κ1) is 68.0. The summed E-state index contributed by atoms with van der Waals surface area (Å²) in [6, 6.07) is 3.16. The number of benzene rings is 4. The molecule has 0 unspecified atom stereocenters. The van der Waals surface area contributed by atoms with Crippen molar-refractivity contribution >= 4 is 118 Å². The number of allylic oxidation sites excluding steroid dienone is 2. The Morgan fingerprint density at radius 3 is 1.15 bits per heavy atom. The Hall–Kier alpha value is -0.0400. The van der Waals surface area contributed by atoms with Crippen LogP contribution >= 0.6 is 0 Å². The van der Waals surface area contributed by atoms with Gasteiger partial charge in [-0.2, -0.15) is 10.2 Å². The van der Waals surface area contributed by atoms with Crippen LogP contribution in [0, 0.1) is 0 Å². The fourth-order valence-electron chi connectivity index (χ4n) is 5.88. The second kappa shape index (κ2) is 24.1. The Labute approximate surface area is 517 Å². The summed E-state index contributed by atoms with van der Waals surface area (Å²) >= 11 is 0. The molecule has 0 atom stereocenters. The van der Waals surface area contributed by atoms with Gasteiger partial charge in [0.05, 0.1) is 51.9 Å². The molecule has 68 heavy (non-hydrogen) atoms. The molecule has 2 aliphatic rings. The van der Waals surface area contributed by atoms with Crippen molar-refractivity contribution in [2.75, 3.05) is 10.9 Å². The average Bonchev–Trinajstić information content (AvgIpc) is 3.10. The van der Waals surface area contributed by atoms with Gasteiger partial charge < -0.3 is 37.5 Å². The van der Waals surface area contributed by atoms with Crippen LogP contribution in [0.2, 0.25) is 0 Å². The smallest absolute Gasteiger partial charge is 0.744 e. The Balaban J connectivity index is 0.00000748. The van der Waals surface area contributed by atoms with Crippen molar-refractivity contribution in [2.45, 2.75) is 19.6 Å². The van der Waals surface area contributed by atoms with Crippen LogP contribution in [0.25, 0.3) is 22.9 Å². The molecule has 0 aromatic heterocycles. The van der Waals surface area contributed by atoms with E-state index in [4.69, 9.17) is 0 Å². The predicted octanol–water partition coefficient (Wildman–Crippen LogP) is -19.0. The molecule has 0 bridgehead atoms. The van der Waals surface area contributed by atoms with Crippen LogP contribution < -0.4 is 188 Å². The van der Waals surface area contributed by atoms with Gasteiger partial charge in [0.25, 0.3) is 0 Å². The zero-order chi connectivity index (χ0) is 46.4. The molecular formula is C30H14N4Na6O22S6. The van der Waals surface area contributed by atoms with Gasteiger partial charge in [0.2, 0.25) is 11.6 Å². The van der Waals surface area contributed by atoms with Gasteiger partial charge in [-0.3, -0.25) is 20.4 Å². The number of ketones is 2. The fourth-order valence-corrected chi connectivity index (χ4v) is 9.30. The number of phenols is 2. The van der Waals surface area contributed by atoms with Crippen molar-refractivity contribution in [1.82, 2.24) is 0 Å². The van der Waals surface area contributed by atoms with Crippen molar-refractivity contribution in [3.05, 3.63) is 80.6 Å². The molecule has 0 fully saturated rings. The fraction of sp³-hybridized carbons (Fsp3) is 0. The van der Waals surface area contributed by atoms with E-state index in [1.807, 2.05) is 10.9 Å². The molecule has 4 N–H and O–H groups in total. The summed E-state index contributed by atoms with van der Waals surface area (Å²) in [6.45, 7) is 0. The van der Waals surface area contributed by atoms with Crippen molar-refractivity contribution in [1.29, 1.82) is 0 Å². The summed E-state index contributed by atoms with van der Waals surface area (Å²) in [5, 5.41) is 26.7. The largest absolute Gasteiger partial charge is 1.00 e. The summed E-state index contributed by atoms with van der Waals surface area (Å²) in [5.41, 5.74) is -4.73. The third kappa shape index (κ3) is 14.6. The van der Waals surface area contributed by atoms with Gasteiger partial charge in [-0.1, -0.05) is 0 Å². The third-order valence-corrected chi connectivity index (χ3v) is 13.4. The molecule has 4 aromatic carbocycles. The van der Waals surface area contributed by atoms with Crippen LogP contribution in [0.5, 0.6) is 11.5 Å². The van der Waals surface area contributed by atoms with Gasteiger partial charge in [0.1, 0.15) is 83.6 Å². The van der Waals surface area contributed by atoms with E-state index in [9.17, 15) is 97.6 Å². The second-order valence-corrected chi connectivity index (χ2v) is 20.6. The number of phenolic OH excluding ortho intramolecular Hbond substituents is 2. The zero-order valence-corrected chi connectivity index (χ0v) is 52.1. The van der Waals surface area contributed by atoms with Gasteiger partial charge in [-0.25, -0.2) is 50.5 Å². The molecule has 2 aliphatic carbocycles. The molecule has 0 spiro atoms. The van der Waals surface area contributed by atoms with E-state index < -0.39 is 169 Å². The Kier molecular flexibility index (Phi) is 24.1. The molecule has 0 saturated carbocycles. The minimum absolute atomic E-state index is 0. The monoisotopic (exact) mass is 1110 g/mol. The number of hydrogen-bond acceptors (Lipinski definition) is 26. The van der Waals surface area contributed by atoms with Gasteiger partial charge >= 0.3 is 177 Å². The molecule has 0 amide bonds. The zero-order valence-electron chi connectivity index (χ0n) is 35.2. The number of rotatable bonds is 10. The quantitative estimate of drug-likeness (QED) is 0.0651. The molecule has 38 heteroatoms. The first-order valence-corrected chi connectivity index (χ1v) is 23.9.